The molecule has 2 aromatic carbocycles. The normalized spacial score (nSPS) is 11.6. The van der Waals surface area contributed by atoms with E-state index in [2.05, 4.69) is 5.32 Å². The number of ether oxygens (including phenoxy) is 1. The Bertz CT molecular complexity index is 748. The third-order valence-corrected chi connectivity index (χ3v) is 4.07. The van der Waals surface area contributed by atoms with Crippen LogP contribution in [0.3, 0.4) is 0 Å². The van der Waals surface area contributed by atoms with Gasteiger partial charge < -0.3 is 15.8 Å². The minimum Gasteiger partial charge on any atom is -0.484 e. The van der Waals surface area contributed by atoms with Crippen molar-refractivity contribution in [3.8, 4) is 5.75 Å². The summed E-state index contributed by atoms with van der Waals surface area (Å²) in [6.07, 6.45) is 0. The Hall–Kier alpha value is -2.24. The number of nitrogens with one attached hydrogen (secondary N) is 1. The second-order valence-electron chi connectivity index (χ2n) is 5.14. The number of rotatable bonds is 6. The standard InChI is InChI=1S/C17H16Cl2N2O3/c1-10(12-4-7-14(18)15(19)8-12)21-16(22)9-24-13-5-2-11(3-6-13)17(20)23/h2-8,10H,9H2,1H3,(H2,20,23)(H,21,22)/t10-/m0/s1. The summed E-state index contributed by atoms with van der Waals surface area (Å²) in [4.78, 5) is 22.9. The number of benzene rings is 2. The van der Waals surface area contributed by atoms with E-state index in [1.54, 1.807) is 30.3 Å². The second-order valence-corrected chi connectivity index (χ2v) is 5.95. The zero-order chi connectivity index (χ0) is 17.7. The number of primary amides is 1. The van der Waals surface area contributed by atoms with Gasteiger partial charge in [-0.3, -0.25) is 9.59 Å². The molecule has 0 spiro atoms. The average molecular weight is 367 g/mol. The summed E-state index contributed by atoms with van der Waals surface area (Å²) >= 11 is 11.8. The van der Waals surface area contributed by atoms with Crippen LogP contribution >= 0.6 is 23.2 Å². The molecule has 0 aromatic heterocycles. The third-order valence-electron chi connectivity index (χ3n) is 3.33. The molecule has 24 heavy (non-hydrogen) atoms. The summed E-state index contributed by atoms with van der Waals surface area (Å²) in [7, 11) is 0. The number of hydrogen-bond donors (Lipinski definition) is 2. The van der Waals surface area contributed by atoms with Gasteiger partial charge in [0.05, 0.1) is 16.1 Å². The van der Waals surface area contributed by atoms with Gasteiger partial charge in [-0.05, 0) is 48.9 Å². The fraction of sp³-hybridized carbons (Fsp3) is 0.176. The molecule has 0 saturated carbocycles. The van der Waals surface area contributed by atoms with Gasteiger partial charge in [-0.2, -0.15) is 0 Å². The first-order chi connectivity index (χ1) is 11.4. The van der Waals surface area contributed by atoms with E-state index in [1.165, 1.54) is 12.1 Å². The molecule has 126 valence electrons. The van der Waals surface area contributed by atoms with Gasteiger partial charge in [-0.15, -0.1) is 0 Å². The molecule has 0 aliphatic rings. The fourth-order valence-corrected chi connectivity index (χ4v) is 2.32. The van der Waals surface area contributed by atoms with Gasteiger partial charge in [0.25, 0.3) is 5.91 Å². The van der Waals surface area contributed by atoms with Crippen molar-refractivity contribution >= 4 is 35.0 Å². The Morgan fingerprint density at radius 3 is 2.38 bits per heavy atom. The number of amides is 2. The zero-order valence-corrected chi connectivity index (χ0v) is 14.4. The summed E-state index contributed by atoms with van der Waals surface area (Å²) in [5, 5.41) is 3.69. The second kappa shape index (κ2) is 8.04. The van der Waals surface area contributed by atoms with Crippen LogP contribution in [0.1, 0.15) is 28.9 Å². The van der Waals surface area contributed by atoms with Gasteiger partial charge in [-0.25, -0.2) is 0 Å². The molecule has 0 fully saturated rings. The monoisotopic (exact) mass is 366 g/mol. The van der Waals surface area contributed by atoms with Crippen molar-refractivity contribution in [2.75, 3.05) is 6.61 Å². The molecule has 2 aromatic rings. The molecule has 1 atom stereocenters. The highest BCUT2D eigenvalue weighted by Gasteiger charge is 2.12. The van der Waals surface area contributed by atoms with E-state index in [0.717, 1.165) is 5.56 Å². The van der Waals surface area contributed by atoms with Gasteiger partial charge in [0, 0.05) is 5.56 Å². The van der Waals surface area contributed by atoms with Crippen LogP contribution < -0.4 is 15.8 Å². The van der Waals surface area contributed by atoms with Gasteiger partial charge in [0.1, 0.15) is 5.75 Å². The molecule has 7 heteroatoms. The lowest BCUT2D eigenvalue weighted by molar-refractivity contribution is -0.123. The van der Waals surface area contributed by atoms with E-state index in [9.17, 15) is 9.59 Å². The predicted octanol–water partition coefficient (Wildman–Crippen LogP) is 3.35. The Morgan fingerprint density at radius 2 is 1.79 bits per heavy atom. The number of hydrogen-bond acceptors (Lipinski definition) is 3. The van der Waals surface area contributed by atoms with Crippen LogP contribution in [0.15, 0.2) is 42.5 Å². The predicted molar refractivity (Wildman–Crippen MR) is 93.5 cm³/mol. The SMILES string of the molecule is C[C@H](NC(=O)COc1ccc(C(N)=O)cc1)c1ccc(Cl)c(Cl)c1. The summed E-state index contributed by atoms with van der Waals surface area (Å²) in [5.74, 6) is -0.334. The van der Waals surface area contributed by atoms with Crippen molar-refractivity contribution in [3.05, 3.63) is 63.6 Å². The number of halogens is 2. The van der Waals surface area contributed by atoms with Crippen LogP contribution in [0.25, 0.3) is 0 Å². The zero-order valence-electron chi connectivity index (χ0n) is 12.9. The van der Waals surface area contributed by atoms with Crippen molar-refractivity contribution in [3.63, 3.8) is 0 Å². The van der Waals surface area contributed by atoms with Crippen LogP contribution in [0, 0.1) is 0 Å². The van der Waals surface area contributed by atoms with Crippen molar-refractivity contribution in [2.24, 2.45) is 5.73 Å². The van der Waals surface area contributed by atoms with E-state index in [-0.39, 0.29) is 18.6 Å². The molecular weight excluding hydrogens is 351 g/mol. The van der Waals surface area contributed by atoms with E-state index in [1.807, 2.05) is 6.92 Å². The maximum absolute atomic E-state index is 12.0. The van der Waals surface area contributed by atoms with E-state index < -0.39 is 5.91 Å². The van der Waals surface area contributed by atoms with Gasteiger partial charge in [0.15, 0.2) is 6.61 Å². The highest BCUT2D eigenvalue weighted by molar-refractivity contribution is 6.42. The molecule has 3 N–H and O–H groups in total. The smallest absolute Gasteiger partial charge is 0.258 e. The molecule has 2 rings (SSSR count). The maximum Gasteiger partial charge on any atom is 0.258 e. The molecule has 0 radical (unpaired) electrons. The number of nitrogens with two attached hydrogens (primary N) is 1. The van der Waals surface area contributed by atoms with Crippen LogP contribution in [0.4, 0.5) is 0 Å². The molecular formula is C17H16Cl2N2O3. The Balaban J connectivity index is 1.88. The number of carbonyl (C=O) groups is 2. The largest absolute Gasteiger partial charge is 0.484 e. The lowest BCUT2D eigenvalue weighted by Gasteiger charge is -2.15. The van der Waals surface area contributed by atoms with Gasteiger partial charge >= 0.3 is 0 Å². The molecule has 0 unspecified atom stereocenters. The van der Waals surface area contributed by atoms with Gasteiger partial charge in [-0.1, -0.05) is 29.3 Å². The third kappa shape index (κ3) is 4.88. The van der Waals surface area contributed by atoms with Crippen LogP contribution in [-0.4, -0.2) is 18.4 Å². The highest BCUT2D eigenvalue weighted by atomic mass is 35.5. The molecule has 2 amide bonds. The minimum atomic E-state index is -0.519. The van der Waals surface area contributed by atoms with Crippen LogP contribution in [0.2, 0.25) is 10.0 Å². The van der Waals surface area contributed by atoms with Crippen molar-refractivity contribution < 1.29 is 14.3 Å². The first kappa shape index (κ1) is 18.1. The average Bonchev–Trinajstić information content (AvgIpc) is 2.55. The topological polar surface area (TPSA) is 81.4 Å². The van der Waals surface area contributed by atoms with Crippen molar-refractivity contribution in [1.29, 1.82) is 0 Å². The van der Waals surface area contributed by atoms with Crippen LogP contribution in [0.5, 0.6) is 5.75 Å². The Kier molecular flexibility index (Phi) is 6.06. The summed E-state index contributed by atoms with van der Waals surface area (Å²) < 4.78 is 5.37. The summed E-state index contributed by atoms with van der Waals surface area (Å²) in [6, 6.07) is 11.2. The summed E-state index contributed by atoms with van der Waals surface area (Å²) in [5.41, 5.74) is 6.37. The molecule has 0 saturated heterocycles. The van der Waals surface area contributed by atoms with Crippen molar-refractivity contribution in [1.82, 2.24) is 5.32 Å². The van der Waals surface area contributed by atoms with E-state index in [4.69, 9.17) is 33.7 Å². The minimum absolute atomic E-state index is 0.151. The number of carbonyl (C=O) groups excluding carboxylic acids is 2. The molecule has 0 heterocycles. The maximum atomic E-state index is 12.0. The fourth-order valence-electron chi connectivity index (χ4n) is 2.01. The van der Waals surface area contributed by atoms with Crippen LogP contribution in [-0.2, 0) is 4.79 Å². The molecule has 0 aliphatic carbocycles. The van der Waals surface area contributed by atoms with Crippen molar-refractivity contribution in [2.45, 2.75) is 13.0 Å². The Morgan fingerprint density at radius 1 is 1.12 bits per heavy atom. The van der Waals surface area contributed by atoms with E-state index >= 15 is 0 Å². The lowest BCUT2D eigenvalue weighted by atomic mass is 10.1. The Labute approximate surface area is 149 Å². The summed E-state index contributed by atoms with van der Waals surface area (Å²) in [6.45, 7) is 1.68. The van der Waals surface area contributed by atoms with E-state index in [0.29, 0.717) is 21.4 Å². The highest BCUT2D eigenvalue weighted by Crippen LogP contribution is 2.25. The first-order valence-electron chi connectivity index (χ1n) is 7.14. The molecule has 0 aliphatic heterocycles. The quantitative estimate of drug-likeness (QED) is 0.822. The first-order valence-corrected chi connectivity index (χ1v) is 7.89. The molecule has 5 nitrogen and oxygen atoms in total. The molecule has 0 bridgehead atoms. The van der Waals surface area contributed by atoms with Gasteiger partial charge in [0.2, 0.25) is 5.91 Å². The lowest BCUT2D eigenvalue weighted by Crippen LogP contribution is -2.31.